The maximum Gasteiger partial charge on any atom is 0.160 e. The summed E-state index contributed by atoms with van der Waals surface area (Å²) in [5, 5.41) is 4.73. The molecule has 4 nitrogen and oxygen atoms in total. The minimum Gasteiger partial charge on any atom is -0.455 e. The van der Waals surface area contributed by atoms with Crippen molar-refractivity contribution >= 4 is 53.4 Å². The standard InChI is InChI=1S/C45H27N3OS/c1-2-10-29(11-3-1)45-47-38(31-13-8-12-30(26-31)28-22-24-46-25-23-28)27-39(48-45)36-21-20-33(42-37-15-4-6-18-40(37)49-43(36)42)35-17-9-16-34-32-14-5-7-19-41(32)50-44(34)35/h1-27H. The third-order valence-corrected chi connectivity index (χ3v) is 10.6. The van der Waals surface area contributed by atoms with Gasteiger partial charge in [-0.3, -0.25) is 4.98 Å². The molecule has 50 heavy (non-hydrogen) atoms. The molecule has 0 bridgehead atoms. The summed E-state index contributed by atoms with van der Waals surface area (Å²) < 4.78 is 9.34. The van der Waals surface area contributed by atoms with Crippen molar-refractivity contribution in [2.24, 2.45) is 0 Å². The van der Waals surface area contributed by atoms with Gasteiger partial charge < -0.3 is 4.42 Å². The minimum atomic E-state index is 0.663. The number of furan rings is 1. The molecule has 0 aliphatic rings. The van der Waals surface area contributed by atoms with Crippen LogP contribution in [-0.4, -0.2) is 15.0 Å². The van der Waals surface area contributed by atoms with Gasteiger partial charge in [-0.1, -0.05) is 109 Å². The van der Waals surface area contributed by atoms with Gasteiger partial charge in [-0.25, -0.2) is 9.97 Å². The largest absolute Gasteiger partial charge is 0.455 e. The van der Waals surface area contributed by atoms with Gasteiger partial charge >= 0.3 is 0 Å². The molecule has 0 spiro atoms. The average Bonchev–Trinajstić information content (AvgIpc) is 3.77. The van der Waals surface area contributed by atoms with E-state index in [1.54, 1.807) is 0 Å². The zero-order valence-electron chi connectivity index (χ0n) is 26.7. The Bertz CT molecular complexity index is 2870. The fraction of sp³-hybridized carbons (Fsp3) is 0. The first-order chi connectivity index (χ1) is 24.8. The second-order valence-electron chi connectivity index (χ2n) is 12.4. The van der Waals surface area contributed by atoms with Gasteiger partial charge in [0.05, 0.1) is 11.4 Å². The highest BCUT2D eigenvalue weighted by Crippen LogP contribution is 2.46. The van der Waals surface area contributed by atoms with Crippen molar-refractivity contribution in [1.29, 1.82) is 0 Å². The molecule has 6 aromatic carbocycles. The molecule has 5 heteroatoms. The number of para-hydroxylation sites is 1. The normalized spacial score (nSPS) is 11.6. The molecule has 0 fully saturated rings. The number of benzene rings is 6. The van der Waals surface area contributed by atoms with E-state index in [2.05, 4.69) is 114 Å². The summed E-state index contributed by atoms with van der Waals surface area (Å²) in [6.07, 6.45) is 3.64. The number of pyridine rings is 1. The van der Waals surface area contributed by atoms with E-state index < -0.39 is 0 Å². The smallest absolute Gasteiger partial charge is 0.160 e. The number of fused-ring (bicyclic) bond motifs is 6. The van der Waals surface area contributed by atoms with Gasteiger partial charge in [0.15, 0.2) is 5.82 Å². The molecule has 0 amide bonds. The third-order valence-electron chi connectivity index (χ3n) is 9.43. The number of thiophene rings is 1. The Labute approximate surface area is 292 Å². The van der Waals surface area contributed by atoms with Crippen LogP contribution in [0.3, 0.4) is 0 Å². The first kappa shape index (κ1) is 28.6. The molecule has 234 valence electrons. The van der Waals surface area contributed by atoms with E-state index in [1.807, 2.05) is 66.2 Å². The molecule has 10 rings (SSSR count). The molecule has 0 unspecified atom stereocenters. The van der Waals surface area contributed by atoms with Crippen molar-refractivity contribution in [3.05, 3.63) is 164 Å². The topological polar surface area (TPSA) is 51.8 Å². The number of hydrogen-bond acceptors (Lipinski definition) is 5. The van der Waals surface area contributed by atoms with Crippen molar-refractivity contribution in [3.63, 3.8) is 0 Å². The van der Waals surface area contributed by atoms with E-state index in [0.717, 1.165) is 66.7 Å². The lowest BCUT2D eigenvalue weighted by Crippen LogP contribution is -1.96. The van der Waals surface area contributed by atoms with E-state index in [4.69, 9.17) is 14.4 Å². The van der Waals surface area contributed by atoms with Gasteiger partial charge in [0.1, 0.15) is 11.2 Å². The van der Waals surface area contributed by atoms with Crippen LogP contribution in [0.25, 0.3) is 98.3 Å². The van der Waals surface area contributed by atoms with Crippen LogP contribution in [0.1, 0.15) is 0 Å². The van der Waals surface area contributed by atoms with E-state index in [9.17, 15) is 0 Å². The summed E-state index contributed by atoms with van der Waals surface area (Å²) in [5.74, 6) is 0.663. The highest BCUT2D eigenvalue weighted by molar-refractivity contribution is 7.26. The SMILES string of the molecule is c1ccc(-c2nc(-c3cccc(-c4ccncc4)c3)cc(-c3ccc(-c4cccc5c4sc4ccccc45)c4c3oc3ccccc34)n2)cc1. The highest BCUT2D eigenvalue weighted by Gasteiger charge is 2.21. The van der Waals surface area contributed by atoms with Crippen LogP contribution in [0.2, 0.25) is 0 Å². The van der Waals surface area contributed by atoms with Crippen LogP contribution in [-0.2, 0) is 0 Å². The first-order valence-corrected chi connectivity index (χ1v) is 17.4. The second-order valence-corrected chi connectivity index (χ2v) is 13.4. The molecule has 4 aromatic heterocycles. The maximum atomic E-state index is 6.78. The monoisotopic (exact) mass is 657 g/mol. The fourth-order valence-corrected chi connectivity index (χ4v) is 8.30. The quantitative estimate of drug-likeness (QED) is 0.185. The van der Waals surface area contributed by atoms with Crippen LogP contribution in [0, 0.1) is 0 Å². The lowest BCUT2D eigenvalue weighted by molar-refractivity contribution is 0.670. The van der Waals surface area contributed by atoms with Crippen LogP contribution in [0.15, 0.2) is 168 Å². The molecule has 0 saturated heterocycles. The Morgan fingerprint density at radius 2 is 1.16 bits per heavy atom. The number of aromatic nitrogens is 3. The number of hydrogen-bond donors (Lipinski definition) is 0. The number of rotatable bonds is 5. The Morgan fingerprint density at radius 3 is 2.06 bits per heavy atom. The summed E-state index contributed by atoms with van der Waals surface area (Å²) >= 11 is 1.84. The highest BCUT2D eigenvalue weighted by atomic mass is 32.1. The van der Waals surface area contributed by atoms with Crippen LogP contribution < -0.4 is 0 Å². The molecule has 0 radical (unpaired) electrons. The maximum absolute atomic E-state index is 6.78. The van der Waals surface area contributed by atoms with Gasteiger partial charge in [0.25, 0.3) is 0 Å². The van der Waals surface area contributed by atoms with Crippen molar-refractivity contribution < 1.29 is 4.42 Å². The Hall–Kier alpha value is -6.43. The summed E-state index contributed by atoms with van der Waals surface area (Å²) in [6, 6.07) is 52.8. The molecule has 10 aromatic rings. The fourth-order valence-electron chi connectivity index (χ4n) is 7.07. The van der Waals surface area contributed by atoms with Crippen molar-refractivity contribution in [2.75, 3.05) is 0 Å². The Kier molecular flexibility index (Phi) is 6.64. The van der Waals surface area contributed by atoms with E-state index >= 15 is 0 Å². The van der Waals surface area contributed by atoms with Crippen LogP contribution in [0.5, 0.6) is 0 Å². The lowest BCUT2D eigenvalue weighted by atomic mass is 9.94. The lowest BCUT2D eigenvalue weighted by Gasteiger charge is -2.12. The molecule has 0 aliphatic heterocycles. The van der Waals surface area contributed by atoms with Crippen LogP contribution in [0.4, 0.5) is 0 Å². The van der Waals surface area contributed by atoms with E-state index in [0.29, 0.717) is 5.82 Å². The predicted molar refractivity (Wildman–Crippen MR) is 207 cm³/mol. The molecule has 4 heterocycles. The van der Waals surface area contributed by atoms with E-state index in [-0.39, 0.29) is 0 Å². The Morgan fingerprint density at radius 1 is 0.460 bits per heavy atom. The van der Waals surface area contributed by atoms with E-state index in [1.165, 1.54) is 25.7 Å². The molecular formula is C45H27N3OS. The second kappa shape index (κ2) is 11.6. The number of nitrogens with zero attached hydrogens (tertiary/aromatic N) is 3. The average molecular weight is 658 g/mol. The van der Waals surface area contributed by atoms with Crippen LogP contribution >= 0.6 is 11.3 Å². The van der Waals surface area contributed by atoms with Gasteiger partial charge in [0.2, 0.25) is 0 Å². The third kappa shape index (κ3) is 4.71. The van der Waals surface area contributed by atoms with Crippen molar-refractivity contribution in [2.45, 2.75) is 0 Å². The molecule has 0 atom stereocenters. The summed E-state index contributed by atoms with van der Waals surface area (Å²) in [7, 11) is 0. The van der Waals surface area contributed by atoms with Gasteiger partial charge in [0, 0.05) is 65.6 Å². The molecule has 0 aliphatic carbocycles. The van der Waals surface area contributed by atoms with Crippen molar-refractivity contribution in [1.82, 2.24) is 15.0 Å². The summed E-state index contributed by atoms with van der Waals surface area (Å²) in [4.78, 5) is 14.5. The van der Waals surface area contributed by atoms with Gasteiger partial charge in [-0.15, -0.1) is 11.3 Å². The minimum absolute atomic E-state index is 0.663. The zero-order chi connectivity index (χ0) is 33.0. The predicted octanol–water partition coefficient (Wildman–Crippen LogP) is 12.5. The first-order valence-electron chi connectivity index (χ1n) is 16.6. The summed E-state index contributed by atoms with van der Waals surface area (Å²) in [5.41, 5.74) is 10.8. The molecular weight excluding hydrogens is 631 g/mol. The van der Waals surface area contributed by atoms with Gasteiger partial charge in [-0.2, -0.15) is 0 Å². The zero-order valence-corrected chi connectivity index (χ0v) is 27.6. The van der Waals surface area contributed by atoms with Crippen molar-refractivity contribution in [3.8, 4) is 56.2 Å². The van der Waals surface area contributed by atoms with Gasteiger partial charge in [-0.05, 0) is 59.2 Å². The molecule has 0 N–H and O–H groups in total. The summed E-state index contributed by atoms with van der Waals surface area (Å²) in [6.45, 7) is 0. The molecule has 0 saturated carbocycles. The Balaban J connectivity index is 1.22.